The van der Waals surface area contributed by atoms with Gasteiger partial charge in [0.25, 0.3) is 10.0 Å². The number of aromatic nitrogens is 3. The van der Waals surface area contributed by atoms with E-state index in [0.717, 1.165) is 25.1 Å². The van der Waals surface area contributed by atoms with E-state index in [2.05, 4.69) is 19.8 Å². The number of nitrogens with zero attached hydrogens (tertiary/aromatic N) is 4. The molecule has 3 heterocycles. The van der Waals surface area contributed by atoms with E-state index in [1.807, 2.05) is 13.1 Å². The van der Waals surface area contributed by atoms with Crippen LogP contribution in [0.3, 0.4) is 0 Å². The summed E-state index contributed by atoms with van der Waals surface area (Å²) in [5.41, 5.74) is 3.30. The Labute approximate surface area is 140 Å². The summed E-state index contributed by atoms with van der Waals surface area (Å²) in [4.78, 5) is 2.36. The first-order valence-corrected chi connectivity index (χ1v) is 9.17. The molecule has 124 valence electrons. The van der Waals surface area contributed by atoms with E-state index in [9.17, 15) is 8.42 Å². The molecule has 0 fully saturated rings. The van der Waals surface area contributed by atoms with Crippen molar-refractivity contribution in [2.24, 2.45) is 0 Å². The highest BCUT2D eigenvalue weighted by Gasteiger charge is 2.20. The molecular formula is C16H17N5O2S. The lowest BCUT2D eigenvalue weighted by Crippen LogP contribution is -2.25. The van der Waals surface area contributed by atoms with E-state index < -0.39 is 10.0 Å². The van der Waals surface area contributed by atoms with Crippen molar-refractivity contribution >= 4 is 27.0 Å². The third kappa shape index (κ3) is 2.58. The molecule has 1 aromatic carbocycles. The van der Waals surface area contributed by atoms with Crippen LogP contribution in [0, 0.1) is 0 Å². The lowest BCUT2D eigenvalue weighted by molar-refractivity contribution is 0.601. The maximum atomic E-state index is 12.7. The summed E-state index contributed by atoms with van der Waals surface area (Å²) < 4.78 is 29.7. The number of sulfonamides is 1. The Morgan fingerprint density at radius 2 is 2.08 bits per heavy atom. The van der Waals surface area contributed by atoms with E-state index in [1.54, 1.807) is 34.9 Å². The van der Waals surface area contributed by atoms with Gasteiger partial charge in [0.05, 0.1) is 10.6 Å². The van der Waals surface area contributed by atoms with Gasteiger partial charge in [0.15, 0.2) is 5.65 Å². The third-order valence-electron chi connectivity index (χ3n) is 4.26. The van der Waals surface area contributed by atoms with Gasteiger partial charge in [-0.25, -0.2) is 8.42 Å². The summed E-state index contributed by atoms with van der Waals surface area (Å²) in [5, 5.41) is 7.68. The van der Waals surface area contributed by atoms with Gasteiger partial charge in [0, 0.05) is 25.5 Å². The van der Waals surface area contributed by atoms with Crippen LogP contribution < -0.4 is 9.62 Å². The standard InChI is InChI=1S/C16H17N5O2S/c1-20-8-2-3-12-4-6-14(9-15(12)20)24(22,23)19-13-5-7-16-18-17-11-21(16)10-13/h4-7,9-11,19H,2-3,8H2,1H3. The molecule has 1 N–H and O–H groups in total. The van der Waals surface area contributed by atoms with Gasteiger partial charge in [0.1, 0.15) is 6.33 Å². The number of hydrogen-bond acceptors (Lipinski definition) is 5. The highest BCUT2D eigenvalue weighted by molar-refractivity contribution is 7.92. The van der Waals surface area contributed by atoms with Crippen molar-refractivity contribution in [1.29, 1.82) is 0 Å². The first kappa shape index (κ1) is 14.9. The largest absolute Gasteiger partial charge is 0.374 e. The fourth-order valence-corrected chi connectivity index (χ4v) is 4.07. The molecule has 0 aliphatic carbocycles. The Hall–Kier alpha value is -2.61. The fourth-order valence-electron chi connectivity index (χ4n) is 3.01. The predicted molar refractivity (Wildman–Crippen MR) is 91.8 cm³/mol. The van der Waals surface area contributed by atoms with Gasteiger partial charge in [-0.05, 0) is 42.7 Å². The highest BCUT2D eigenvalue weighted by atomic mass is 32.2. The average molecular weight is 343 g/mol. The van der Waals surface area contributed by atoms with Crippen LogP contribution in [0.25, 0.3) is 5.65 Å². The minimum Gasteiger partial charge on any atom is -0.374 e. The summed E-state index contributed by atoms with van der Waals surface area (Å²) in [6.07, 6.45) is 5.25. The maximum Gasteiger partial charge on any atom is 0.262 e. The molecule has 8 heteroatoms. The van der Waals surface area contributed by atoms with Crippen LogP contribution in [-0.2, 0) is 16.4 Å². The van der Waals surface area contributed by atoms with E-state index in [0.29, 0.717) is 11.3 Å². The quantitative estimate of drug-likeness (QED) is 0.786. The molecule has 0 amide bonds. The molecule has 0 saturated carbocycles. The minimum absolute atomic E-state index is 0.263. The number of anilines is 2. The first-order valence-electron chi connectivity index (χ1n) is 7.69. The summed E-state index contributed by atoms with van der Waals surface area (Å²) in [6.45, 7) is 0.939. The van der Waals surface area contributed by atoms with Crippen LogP contribution in [0.1, 0.15) is 12.0 Å². The number of rotatable bonds is 3. The monoisotopic (exact) mass is 343 g/mol. The van der Waals surface area contributed by atoms with Crippen molar-refractivity contribution in [1.82, 2.24) is 14.6 Å². The van der Waals surface area contributed by atoms with Crippen molar-refractivity contribution in [3.8, 4) is 0 Å². The Morgan fingerprint density at radius 3 is 2.96 bits per heavy atom. The van der Waals surface area contributed by atoms with Gasteiger partial charge in [0.2, 0.25) is 0 Å². The van der Waals surface area contributed by atoms with Crippen LogP contribution >= 0.6 is 0 Å². The first-order chi connectivity index (χ1) is 11.5. The molecule has 7 nitrogen and oxygen atoms in total. The molecule has 0 atom stereocenters. The van der Waals surface area contributed by atoms with Crippen LogP contribution in [0.4, 0.5) is 11.4 Å². The number of pyridine rings is 1. The normalized spacial score (nSPS) is 14.6. The van der Waals surface area contributed by atoms with Crippen molar-refractivity contribution in [2.75, 3.05) is 23.2 Å². The molecule has 0 radical (unpaired) electrons. The molecule has 0 spiro atoms. The van der Waals surface area contributed by atoms with Crippen LogP contribution in [0.15, 0.2) is 47.8 Å². The molecule has 1 aliphatic rings. The zero-order chi connectivity index (χ0) is 16.7. The van der Waals surface area contributed by atoms with Crippen LogP contribution in [0.2, 0.25) is 0 Å². The zero-order valence-corrected chi connectivity index (χ0v) is 14.0. The molecule has 0 saturated heterocycles. The molecule has 3 aromatic rings. The summed E-state index contributed by atoms with van der Waals surface area (Å²) in [7, 11) is -1.66. The van der Waals surface area contributed by atoms with Gasteiger partial charge in [-0.15, -0.1) is 10.2 Å². The molecule has 0 bridgehead atoms. The lowest BCUT2D eigenvalue weighted by atomic mass is 10.0. The van der Waals surface area contributed by atoms with Crippen LogP contribution in [-0.4, -0.2) is 36.6 Å². The van der Waals surface area contributed by atoms with Crippen molar-refractivity contribution in [3.05, 3.63) is 48.4 Å². The molecular weight excluding hydrogens is 326 g/mol. The van der Waals surface area contributed by atoms with E-state index in [4.69, 9.17) is 0 Å². The SMILES string of the molecule is CN1CCCc2ccc(S(=O)(=O)Nc3ccc4nncn4c3)cc21. The van der Waals surface area contributed by atoms with E-state index >= 15 is 0 Å². The number of fused-ring (bicyclic) bond motifs is 2. The minimum atomic E-state index is -3.65. The zero-order valence-electron chi connectivity index (χ0n) is 13.2. The highest BCUT2D eigenvalue weighted by Crippen LogP contribution is 2.29. The van der Waals surface area contributed by atoms with E-state index in [1.165, 1.54) is 11.9 Å². The summed E-state index contributed by atoms with van der Waals surface area (Å²) in [5.74, 6) is 0. The van der Waals surface area contributed by atoms with Gasteiger partial charge in [-0.3, -0.25) is 9.12 Å². The summed E-state index contributed by atoms with van der Waals surface area (Å²) >= 11 is 0. The number of hydrogen-bond donors (Lipinski definition) is 1. The Balaban J connectivity index is 1.68. The fraction of sp³-hybridized carbons (Fsp3) is 0.250. The predicted octanol–water partition coefficient (Wildman–Crippen LogP) is 1.91. The van der Waals surface area contributed by atoms with Crippen molar-refractivity contribution in [2.45, 2.75) is 17.7 Å². The molecule has 4 rings (SSSR count). The topological polar surface area (TPSA) is 79.6 Å². The smallest absolute Gasteiger partial charge is 0.262 e. The summed E-state index contributed by atoms with van der Waals surface area (Å²) in [6, 6.07) is 8.70. The average Bonchev–Trinajstić information content (AvgIpc) is 3.02. The van der Waals surface area contributed by atoms with Crippen LogP contribution in [0.5, 0.6) is 0 Å². The Kier molecular flexibility index (Phi) is 3.42. The second-order valence-corrected chi connectivity index (χ2v) is 7.62. The number of aryl methyl sites for hydroxylation is 1. The maximum absolute atomic E-state index is 12.7. The van der Waals surface area contributed by atoms with Gasteiger partial charge in [-0.2, -0.15) is 0 Å². The number of benzene rings is 1. The number of nitrogens with one attached hydrogen (secondary N) is 1. The van der Waals surface area contributed by atoms with Gasteiger partial charge >= 0.3 is 0 Å². The van der Waals surface area contributed by atoms with Crippen molar-refractivity contribution in [3.63, 3.8) is 0 Å². The van der Waals surface area contributed by atoms with Gasteiger partial charge < -0.3 is 4.90 Å². The second-order valence-electron chi connectivity index (χ2n) is 5.94. The van der Waals surface area contributed by atoms with Gasteiger partial charge in [-0.1, -0.05) is 6.07 Å². The molecule has 2 aromatic heterocycles. The van der Waals surface area contributed by atoms with E-state index in [-0.39, 0.29) is 4.90 Å². The Morgan fingerprint density at radius 1 is 1.21 bits per heavy atom. The molecule has 0 unspecified atom stereocenters. The Bertz CT molecular complexity index is 1010. The molecule has 1 aliphatic heterocycles. The second kappa shape index (κ2) is 5.48. The lowest BCUT2D eigenvalue weighted by Gasteiger charge is -2.27. The van der Waals surface area contributed by atoms with Crippen molar-refractivity contribution < 1.29 is 8.42 Å². The third-order valence-corrected chi connectivity index (χ3v) is 5.64. The molecule has 24 heavy (non-hydrogen) atoms.